The lowest BCUT2D eigenvalue weighted by Crippen LogP contribution is -2.33. The fourth-order valence-electron chi connectivity index (χ4n) is 0.561. The van der Waals surface area contributed by atoms with Crippen LogP contribution in [-0.4, -0.2) is 45.5 Å². The lowest BCUT2D eigenvalue weighted by Gasteiger charge is -2.12. The van der Waals surface area contributed by atoms with Crippen molar-refractivity contribution >= 4 is 17.7 Å². The summed E-state index contributed by atoms with van der Waals surface area (Å²) in [5.74, 6) is -0.732. The van der Waals surface area contributed by atoms with Crippen molar-refractivity contribution in [1.29, 1.82) is 0 Å². The van der Waals surface area contributed by atoms with Crippen molar-refractivity contribution < 1.29 is 20.1 Å². The summed E-state index contributed by atoms with van der Waals surface area (Å²) in [6.07, 6.45) is -0.656. The van der Waals surface area contributed by atoms with Gasteiger partial charge in [-0.25, -0.2) is 4.79 Å². The van der Waals surface area contributed by atoms with Crippen molar-refractivity contribution in [2.75, 3.05) is 12.0 Å². The van der Waals surface area contributed by atoms with Gasteiger partial charge >= 0.3 is 5.97 Å². The molecular formula is C6H12O4S. The lowest BCUT2D eigenvalue weighted by atomic mass is 10.1. The molecule has 0 fully saturated rings. The number of thioether (sulfide) groups is 1. The zero-order chi connectivity index (χ0) is 8.85. The third kappa shape index (κ3) is 4.23. The summed E-state index contributed by atoms with van der Waals surface area (Å²) in [4.78, 5) is 10.1. The van der Waals surface area contributed by atoms with Crippen LogP contribution in [0.1, 0.15) is 6.42 Å². The van der Waals surface area contributed by atoms with Crippen LogP contribution in [0.3, 0.4) is 0 Å². The molecule has 0 aliphatic heterocycles. The van der Waals surface area contributed by atoms with Gasteiger partial charge < -0.3 is 15.3 Å². The van der Waals surface area contributed by atoms with E-state index in [4.69, 9.17) is 15.3 Å². The molecule has 0 aromatic heterocycles. The largest absolute Gasteiger partial charge is 0.479 e. The molecule has 2 unspecified atom stereocenters. The molecule has 0 heterocycles. The number of aliphatic hydroxyl groups is 2. The molecule has 0 spiro atoms. The molecule has 11 heavy (non-hydrogen) atoms. The van der Waals surface area contributed by atoms with Crippen molar-refractivity contribution in [2.24, 2.45) is 0 Å². The standard InChI is InChI=1S/C6H12O4S/c1-11-3-2-4(7)5(8)6(9)10/h4-5,7-8H,2-3H2,1H3,(H,9,10). The SMILES string of the molecule is CSCCC(O)C(O)C(=O)O. The van der Waals surface area contributed by atoms with Gasteiger partial charge in [0.25, 0.3) is 0 Å². The van der Waals surface area contributed by atoms with Gasteiger partial charge in [-0.2, -0.15) is 11.8 Å². The van der Waals surface area contributed by atoms with Crippen LogP contribution in [0, 0.1) is 0 Å². The van der Waals surface area contributed by atoms with E-state index >= 15 is 0 Å². The summed E-state index contributed by atoms with van der Waals surface area (Å²) in [5.41, 5.74) is 0. The highest BCUT2D eigenvalue weighted by Crippen LogP contribution is 2.04. The monoisotopic (exact) mass is 180 g/mol. The van der Waals surface area contributed by atoms with Crippen LogP contribution in [-0.2, 0) is 4.79 Å². The summed E-state index contributed by atoms with van der Waals surface area (Å²) in [6.45, 7) is 0. The molecule has 0 aliphatic rings. The number of carboxylic acids is 1. The molecule has 0 rings (SSSR count). The second-order valence-corrected chi connectivity index (χ2v) is 3.12. The maximum Gasteiger partial charge on any atom is 0.335 e. The van der Waals surface area contributed by atoms with Crippen molar-refractivity contribution in [3.8, 4) is 0 Å². The maximum absolute atomic E-state index is 10.1. The smallest absolute Gasteiger partial charge is 0.335 e. The van der Waals surface area contributed by atoms with Crippen LogP contribution in [0.15, 0.2) is 0 Å². The Morgan fingerprint density at radius 3 is 2.45 bits per heavy atom. The zero-order valence-corrected chi connectivity index (χ0v) is 7.04. The Labute approximate surface area is 69.2 Å². The van der Waals surface area contributed by atoms with E-state index in [9.17, 15) is 4.79 Å². The second kappa shape index (κ2) is 5.40. The molecule has 5 heteroatoms. The van der Waals surface area contributed by atoms with Crippen LogP contribution in [0.4, 0.5) is 0 Å². The third-order valence-electron chi connectivity index (χ3n) is 1.24. The average Bonchev–Trinajstić information content (AvgIpc) is 1.98. The van der Waals surface area contributed by atoms with Crippen molar-refractivity contribution in [3.63, 3.8) is 0 Å². The first-order valence-electron chi connectivity index (χ1n) is 3.17. The predicted molar refractivity (Wildman–Crippen MR) is 42.6 cm³/mol. The van der Waals surface area contributed by atoms with Gasteiger partial charge in [0.1, 0.15) is 0 Å². The molecule has 0 amide bonds. The van der Waals surface area contributed by atoms with E-state index in [2.05, 4.69) is 0 Å². The lowest BCUT2D eigenvalue weighted by molar-refractivity contribution is -0.152. The molecule has 0 saturated heterocycles. The molecule has 0 bridgehead atoms. The van der Waals surface area contributed by atoms with Crippen LogP contribution < -0.4 is 0 Å². The third-order valence-corrected chi connectivity index (χ3v) is 1.88. The van der Waals surface area contributed by atoms with Gasteiger partial charge in [-0.3, -0.25) is 0 Å². The number of rotatable bonds is 5. The quantitative estimate of drug-likeness (QED) is 0.534. The van der Waals surface area contributed by atoms with E-state index in [0.29, 0.717) is 12.2 Å². The minimum atomic E-state index is -1.65. The molecule has 0 saturated carbocycles. The van der Waals surface area contributed by atoms with Crippen molar-refractivity contribution in [1.82, 2.24) is 0 Å². The normalized spacial score (nSPS) is 15.9. The summed E-state index contributed by atoms with van der Waals surface area (Å²) < 4.78 is 0. The van der Waals surface area contributed by atoms with Crippen LogP contribution in [0.5, 0.6) is 0 Å². The fraction of sp³-hybridized carbons (Fsp3) is 0.833. The topological polar surface area (TPSA) is 77.8 Å². The van der Waals surface area contributed by atoms with Crippen LogP contribution >= 0.6 is 11.8 Å². The molecule has 2 atom stereocenters. The molecule has 0 aromatic carbocycles. The van der Waals surface area contributed by atoms with E-state index in [-0.39, 0.29) is 0 Å². The molecular weight excluding hydrogens is 168 g/mol. The highest BCUT2D eigenvalue weighted by atomic mass is 32.2. The van der Waals surface area contributed by atoms with E-state index in [1.54, 1.807) is 0 Å². The molecule has 3 N–H and O–H groups in total. The maximum atomic E-state index is 10.1. The first-order valence-corrected chi connectivity index (χ1v) is 4.57. The van der Waals surface area contributed by atoms with E-state index < -0.39 is 18.2 Å². The fourth-order valence-corrected chi connectivity index (χ4v) is 1.04. The van der Waals surface area contributed by atoms with Gasteiger partial charge in [0, 0.05) is 0 Å². The number of hydrogen-bond acceptors (Lipinski definition) is 4. The molecule has 0 radical (unpaired) electrons. The Morgan fingerprint density at radius 2 is 2.09 bits per heavy atom. The number of carboxylic acid groups (broad SMARTS) is 1. The Bertz CT molecular complexity index is 128. The highest BCUT2D eigenvalue weighted by Gasteiger charge is 2.22. The predicted octanol–water partition coefficient (Wildman–Crippen LogP) is -0.454. The van der Waals surface area contributed by atoms with Crippen LogP contribution in [0.25, 0.3) is 0 Å². The summed E-state index contributed by atoms with van der Waals surface area (Å²) in [6, 6.07) is 0. The van der Waals surface area contributed by atoms with Gasteiger partial charge in [0.2, 0.25) is 0 Å². The summed E-state index contributed by atoms with van der Waals surface area (Å²) in [7, 11) is 0. The summed E-state index contributed by atoms with van der Waals surface area (Å²) in [5, 5.41) is 26.0. The first-order chi connectivity index (χ1) is 5.09. The van der Waals surface area contributed by atoms with Gasteiger partial charge in [0.15, 0.2) is 6.10 Å². The first kappa shape index (κ1) is 10.7. The number of aliphatic carboxylic acids is 1. The van der Waals surface area contributed by atoms with Gasteiger partial charge in [-0.1, -0.05) is 0 Å². The van der Waals surface area contributed by atoms with Gasteiger partial charge in [-0.05, 0) is 18.4 Å². The van der Waals surface area contributed by atoms with Crippen LogP contribution in [0.2, 0.25) is 0 Å². The van der Waals surface area contributed by atoms with Gasteiger partial charge in [-0.15, -0.1) is 0 Å². The second-order valence-electron chi connectivity index (χ2n) is 2.13. The highest BCUT2D eigenvalue weighted by molar-refractivity contribution is 7.98. The van der Waals surface area contributed by atoms with Gasteiger partial charge in [0.05, 0.1) is 6.10 Å². The molecule has 4 nitrogen and oxygen atoms in total. The van der Waals surface area contributed by atoms with E-state index in [1.165, 1.54) is 11.8 Å². The van der Waals surface area contributed by atoms with Crippen molar-refractivity contribution in [3.05, 3.63) is 0 Å². The molecule has 0 aliphatic carbocycles. The molecule has 66 valence electrons. The Balaban J connectivity index is 3.63. The zero-order valence-electron chi connectivity index (χ0n) is 6.23. The minimum Gasteiger partial charge on any atom is -0.479 e. The minimum absolute atomic E-state index is 0.300. The Hall–Kier alpha value is -0.260. The number of aliphatic hydroxyl groups excluding tert-OH is 2. The number of hydrogen-bond donors (Lipinski definition) is 3. The summed E-state index contributed by atoms with van der Waals surface area (Å²) >= 11 is 1.50. The van der Waals surface area contributed by atoms with Crippen molar-refractivity contribution in [2.45, 2.75) is 18.6 Å². The average molecular weight is 180 g/mol. The van der Waals surface area contributed by atoms with E-state index in [1.807, 2.05) is 6.26 Å². The molecule has 0 aromatic rings. The Kier molecular flexibility index (Phi) is 5.27. The number of carbonyl (C=O) groups is 1. The Morgan fingerprint density at radius 1 is 1.55 bits per heavy atom. The van der Waals surface area contributed by atoms with E-state index in [0.717, 1.165) is 0 Å².